The van der Waals surface area contributed by atoms with Crippen molar-refractivity contribution in [2.75, 3.05) is 6.61 Å². The quantitative estimate of drug-likeness (QED) is 0.721. The minimum atomic E-state index is -4.38. The predicted octanol–water partition coefficient (Wildman–Crippen LogP) is 2.95. The van der Waals surface area contributed by atoms with Crippen LogP contribution in [0.3, 0.4) is 0 Å². The van der Waals surface area contributed by atoms with Gasteiger partial charge in [-0.2, -0.15) is 13.2 Å². The van der Waals surface area contributed by atoms with E-state index < -0.39 is 11.9 Å². The number of nitrogens with zero attached hydrogens (tertiary/aromatic N) is 1. The van der Waals surface area contributed by atoms with Gasteiger partial charge >= 0.3 is 6.18 Å². The highest BCUT2D eigenvalue weighted by atomic mass is 19.4. The van der Waals surface area contributed by atoms with Gasteiger partial charge in [-0.05, 0) is 30.5 Å². The first-order chi connectivity index (χ1) is 7.07. The first-order valence-electron chi connectivity index (χ1n) is 4.72. The van der Waals surface area contributed by atoms with Crippen molar-refractivity contribution in [2.45, 2.75) is 25.1 Å². The van der Waals surface area contributed by atoms with Crippen LogP contribution < -0.4 is 0 Å². The first kappa shape index (κ1) is 10.4. The number of rotatable bonds is 1. The number of hydrogen-bond acceptors (Lipinski definition) is 2. The van der Waals surface area contributed by atoms with E-state index in [0.717, 1.165) is 18.9 Å². The van der Waals surface area contributed by atoms with Crippen molar-refractivity contribution in [3.05, 3.63) is 29.6 Å². The molecule has 1 atom stereocenters. The van der Waals surface area contributed by atoms with E-state index in [9.17, 15) is 13.2 Å². The van der Waals surface area contributed by atoms with Crippen LogP contribution in [0.2, 0.25) is 0 Å². The number of aromatic nitrogens is 1. The highest BCUT2D eigenvalue weighted by Gasteiger charge is 2.33. The third-order valence-corrected chi connectivity index (χ3v) is 2.38. The number of ether oxygens (including phenoxy) is 1. The van der Waals surface area contributed by atoms with Crippen molar-refractivity contribution in [1.82, 2.24) is 4.98 Å². The molecule has 1 fully saturated rings. The molecule has 0 radical (unpaired) electrons. The average Bonchev–Trinajstić information content (AvgIpc) is 2.69. The number of pyridine rings is 1. The topological polar surface area (TPSA) is 22.1 Å². The van der Waals surface area contributed by atoms with Crippen LogP contribution in [0, 0.1) is 0 Å². The summed E-state index contributed by atoms with van der Waals surface area (Å²) in [5.74, 6) is 0. The summed E-state index contributed by atoms with van der Waals surface area (Å²) in [4.78, 5) is 3.30. The zero-order valence-corrected chi connectivity index (χ0v) is 7.92. The van der Waals surface area contributed by atoms with E-state index >= 15 is 0 Å². The van der Waals surface area contributed by atoms with Gasteiger partial charge in [-0.25, -0.2) is 0 Å². The maximum atomic E-state index is 12.4. The van der Waals surface area contributed by atoms with Crippen molar-refractivity contribution in [1.29, 1.82) is 0 Å². The minimum absolute atomic E-state index is 0.200. The first-order valence-corrected chi connectivity index (χ1v) is 4.72. The van der Waals surface area contributed by atoms with E-state index in [2.05, 4.69) is 4.98 Å². The molecule has 5 heteroatoms. The molecule has 82 valence electrons. The summed E-state index contributed by atoms with van der Waals surface area (Å²) < 4.78 is 42.4. The van der Waals surface area contributed by atoms with E-state index in [1.54, 1.807) is 6.07 Å². The van der Waals surface area contributed by atoms with Crippen LogP contribution in [0.4, 0.5) is 13.2 Å². The molecule has 0 N–H and O–H groups in total. The van der Waals surface area contributed by atoms with E-state index in [0.29, 0.717) is 12.2 Å². The van der Waals surface area contributed by atoms with Crippen LogP contribution in [0.15, 0.2) is 18.3 Å². The third kappa shape index (κ3) is 2.28. The number of hydrogen-bond donors (Lipinski definition) is 0. The van der Waals surface area contributed by atoms with Gasteiger partial charge in [0.25, 0.3) is 0 Å². The van der Waals surface area contributed by atoms with Gasteiger partial charge in [0.1, 0.15) is 5.69 Å². The Morgan fingerprint density at radius 2 is 2.20 bits per heavy atom. The normalized spacial score (nSPS) is 21.9. The second-order valence-electron chi connectivity index (χ2n) is 3.47. The van der Waals surface area contributed by atoms with E-state index in [4.69, 9.17) is 4.74 Å². The molecular weight excluding hydrogens is 207 g/mol. The molecule has 1 aliphatic rings. The summed E-state index contributed by atoms with van der Waals surface area (Å²) >= 11 is 0. The Morgan fingerprint density at radius 3 is 2.80 bits per heavy atom. The molecule has 1 aliphatic heterocycles. The van der Waals surface area contributed by atoms with Crippen molar-refractivity contribution in [2.24, 2.45) is 0 Å². The van der Waals surface area contributed by atoms with Crippen LogP contribution in [-0.4, -0.2) is 11.6 Å². The SMILES string of the molecule is FC(F)(F)c1cc([C@H]2CCCO2)ccn1. The molecule has 2 nitrogen and oxygen atoms in total. The van der Waals surface area contributed by atoms with Gasteiger partial charge in [0.05, 0.1) is 6.10 Å². The summed E-state index contributed by atoms with van der Waals surface area (Å²) in [5.41, 5.74) is -0.287. The van der Waals surface area contributed by atoms with E-state index in [-0.39, 0.29) is 6.10 Å². The molecule has 0 bridgehead atoms. The molecule has 0 saturated carbocycles. The fourth-order valence-corrected chi connectivity index (χ4v) is 1.64. The van der Waals surface area contributed by atoms with Gasteiger partial charge in [0, 0.05) is 12.8 Å². The fraction of sp³-hybridized carbons (Fsp3) is 0.500. The van der Waals surface area contributed by atoms with E-state index in [1.807, 2.05) is 0 Å². The number of halogens is 3. The molecule has 15 heavy (non-hydrogen) atoms. The molecular formula is C10H10F3NO. The lowest BCUT2D eigenvalue weighted by atomic mass is 10.1. The maximum Gasteiger partial charge on any atom is 0.433 e. The zero-order chi connectivity index (χ0) is 10.9. The summed E-state index contributed by atoms with van der Waals surface area (Å²) in [6, 6.07) is 2.64. The molecule has 0 unspecified atom stereocenters. The van der Waals surface area contributed by atoms with Crippen LogP contribution >= 0.6 is 0 Å². The van der Waals surface area contributed by atoms with E-state index in [1.165, 1.54) is 6.20 Å². The second-order valence-corrected chi connectivity index (χ2v) is 3.47. The monoisotopic (exact) mass is 217 g/mol. The minimum Gasteiger partial charge on any atom is -0.374 e. The summed E-state index contributed by atoms with van der Waals surface area (Å²) in [5, 5.41) is 0. The zero-order valence-electron chi connectivity index (χ0n) is 7.92. The van der Waals surface area contributed by atoms with Gasteiger partial charge in [0.15, 0.2) is 0 Å². The summed E-state index contributed by atoms with van der Waals surface area (Å²) in [6.07, 6.45) is -1.72. The Labute approximate surface area is 85.1 Å². The number of alkyl halides is 3. The smallest absolute Gasteiger partial charge is 0.374 e. The molecule has 2 rings (SSSR count). The van der Waals surface area contributed by atoms with Gasteiger partial charge in [-0.15, -0.1) is 0 Å². The Balaban J connectivity index is 2.26. The average molecular weight is 217 g/mol. The predicted molar refractivity (Wildman–Crippen MR) is 47.2 cm³/mol. The Hall–Kier alpha value is -1.10. The molecule has 1 aromatic heterocycles. The van der Waals surface area contributed by atoms with Crippen molar-refractivity contribution in [3.8, 4) is 0 Å². The molecule has 0 amide bonds. The van der Waals surface area contributed by atoms with Gasteiger partial charge in [-0.3, -0.25) is 4.98 Å². The molecule has 2 heterocycles. The van der Waals surface area contributed by atoms with Gasteiger partial charge in [0.2, 0.25) is 0 Å². The van der Waals surface area contributed by atoms with Crippen LogP contribution in [0.1, 0.15) is 30.2 Å². The molecule has 1 saturated heterocycles. The molecule has 0 aliphatic carbocycles. The highest BCUT2D eigenvalue weighted by molar-refractivity contribution is 5.21. The summed E-state index contributed by atoms with van der Waals surface area (Å²) in [6.45, 7) is 0.619. The van der Waals surface area contributed by atoms with Crippen molar-refractivity contribution in [3.63, 3.8) is 0 Å². The van der Waals surface area contributed by atoms with Crippen molar-refractivity contribution >= 4 is 0 Å². The van der Waals surface area contributed by atoms with Crippen LogP contribution in [0.5, 0.6) is 0 Å². The maximum absolute atomic E-state index is 12.4. The molecule has 0 spiro atoms. The lowest BCUT2D eigenvalue weighted by Crippen LogP contribution is -2.09. The second kappa shape index (κ2) is 3.81. The highest BCUT2D eigenvalue weighted by Crippen LogP contribution is 2.32. The summed E-state index contributed by atoms with van der Waals surface area (Å²) in [7, 11) is 0. The standard InChI is InChI=1S/C10H10F3NO/c11-10(12,13)9-6-7(3-4-14-9)8-2-1-5-15-8/h3-4,6,8H,1-2,5H2/t8-/m1/s1. The lowest BCUT2D eigenvalue weighted by molar-refractivity contribution is -0.141. The van der Waals surface area contributed by atoms with Gasteiger partial charge < -0.3 is 4.74 Å². The lowest BCUT2D eigenvalue weighted by Gasteiger charge is -2.11. The Kier molecular flexibility index (Phi) is 2.65. The fourth-order valence-electron chi connectivity index (χ4n) is 1.64. The van der Waals surface area contributed by atoms with Crippen molar-refractivity contribution < 1.29 is 17.9 Å². The molecule has 1 aromatic rings. The molecule has 0 aromatic carbocycles. The Bertz CT molecular complexity index is 345. The third-order valence-electron chi connectivity index (χ3n) is 2.38. The van der Waals surface area contributed by atoms with Crippen LogP contribution in [-0.2, 0) is 10.9 Å². The van der Waals surface area contributed by atoms with Crippen LogP contribution in [0.25, 0.3) is 0 Å². The Morgan fingerprint density at radius 1 is 1.40 bits per heavy atom. The largest absolute Gasteiger partial charge is 0.433 e. The van der Waals surface area contributed by atoms with Gasteiger partial charge in [-0.1, -0.05) is 0 Å².